The molecular formula is C104H187N3O42S. The van der Waals surface area contributed by atoms with E-state index in [0.717, 1.165) is 11.8 Å². The summed E-state index contributed by atoms with van der Waals surface area (Å²) in [5.74, 6) is -4.50. The summed E-state index contributed by atoms with van der Waals surface area (Å²) in [5.41, 5.74) is -7.61. The summed E-state index contributed by atoms with van der Waals surface area (Å²) >= 11 is 1.09. The van der Waals surface area contributed by atoms with Gasteiger partial charge in [-0.1, -0.05) is 82.6 Å². The molecule has 2 bridgehead atoms. The third kappa shape index (κ3) is 53.7. The molecule has 0 amide bonds. The van der Waals surface area contributed by atoms with E-state index < -0.39 is 156 Å². The van der Waals surface area contributed by atoms with Gasteiger partial charge < -0.3 is 198 Å². The number of aliphatic hydroxyl groups is 11. The Labute approximate surface area is 891 Å². The highest BCUT2D eigenvalue weighted by molar-refractivity contribution is 7.99. The van der Waals surface area contributed by atoms with Gasteiger partial charge in [0.1, 0.15) is 35.9 Å². The van der Waals surface area contributed by atoms with Crippen molar-refractivity contribution in [2.45, 2.75) is 216 Å². The fraction of sp³-hybridized carbons (Fsp3) is 0.875. The second-order valence-electron chi connectivity index (χ2n) is 38.6. The molecule has 0 aromatic heterocycles. The topological polar surface area (TPSA) is 553 Å². The predicted molar refractivity (Wildman–Crippen MR) is 547 cm³/mol. The van der Waals surface area contributed by atoms with Crippen molar-refractivity contribution in [3.05, 3.63) is 71.8 Å². The normalized spacial score (nSPS) is 23.8. The van der Waals surface area contributed by atoms with Gasteiger partial charge in [0, 0.05) is 66.6 Å². The van der Waals surface area contributed by atoms with Crippen LogP contribution in [0.4, 0.5) is 0 Å². The first-order valence-corrected chi connectivity index (χ1v) is 54.4. The van der Waals surface area contributed by atoms with Crippen LogP contribution in [0.2, 0.25) is 0 Å². The van der Waals surface area contributed by atoms with Crippen LogP contribution in [0.1, 0.15) is 123 Å². The first-order valence-electron chi connectivity index (χ1n) is 53.2. The molecule has 2 aromatic rings. The predicted octanol–water partition coefficient (Wildman–Crippen LogP) is 1.96. The quantitative estimate of drug-likeness (QED) is 0.0256. The molecule has 4 fully saturated rings. The van der Waals surface area contributed by atoms with Crippen LogP contribution < -0.4 is 16.0 Å². The standard InChI is InChI=1S/C104H187N3O42S/c1-78-84(74-104(119)96(147-97(116)82-21-15-12-16-22-82)94-102(9,95(115)92(114)90(78)101(104,7)8)85(110)73-86-103(94,77-144-86)148-80(3)109)145-98(117)93(91(81-19-13-11-14-20-81)107-99(118)149-100(4,5)6)146-89(113)76-150-75-88(112)106-83(79(2)108)23-17-18-25-105-87(111)24-26-121-29-30-123-33-34-125-37-38-127-41-42-129-45-46-131-49-50-133-53-54-135-57-58-137-61-62-139-65-66-141-69-70-143-72-71-142-68-67-140-64-63-138-60-59-136-56-55-134-52-51-132-48-47-130-44-43-128-40-39-126-36-35-124-32-31-122-28-27-120-10/h11-16,19-22,78-80,83-96,98-99,105-115,117-119H,17-18,23-77H2,1-10H3/t78?,79-,80+,83?,84+,85+,86-,87-,88+,89+,90+,91+,92-,93-,94+,95-,96+,98+,99-,102-,103+,104-/m1/s1. The number of rotatable bonds is 99. The molecule has 1 aliphatic heterocycles. The van der Waals surface area contributed by atoms with Crippen LogP contribution in [0, 0.1) is 28.6 Å². The van der Waals surface area contributed by atoms with Crippen LogP contribution in [0.3, 0.4) is 0 Å². The molecule has 0 radical (unpaired) electrons. The van der Waals surface area contributed by atoms with Gasteiger partial charge >= 0.3 is 5.97 Å². The van der Waals surface area contributed by atoms with Gasteiger partial charge in [0.25, 0.3) is 0 Å². The van der Waals surface area contributed by atoms with Gasteiger partial charge in [-0.05, 0) is 77.6 Å². The molecule has 2 unspecified atom stereocenters. The van der Waals surface area contributed by atoms with E-state index in [1.165, 1.54) is 19.1 Å². The number of carbonyl (C=O) groups is 1. The van der Waals surface area contributed by atoms with Gasteiger partial charge in [0.05, 0.1) is 371 Å². The van der Waals surface area contributed by atoms with Crippen molar-refractivity contribution in [1.82, 2.24) is 16.0 Å². The maximum Gasteiger partial charge on any atom is 0.338 e. The molecule has 14 N–H and O–H groups in total. The zero-order valence-corrected chi connectivity index (χ0v) is 91.3. The van der Waals surface area contributed by atoms with Crippen molar-refractivity contribution >= 4 is 17.7 Å². The second kappa shape index (κ2) is 81.2. The summed E-state index contributed by atoms with van der Waals surface area (Å²) in [7, 11) is 1.64. The van der Waals surface area contributed by atoms with Crippen molar-refractivity contribution in [1.29, 1.82) is 0 Å². The average Bonchev–Trinajstić information content (AvgIpc) is 0.667. The fourth-order valence-electron chi connectivity index (χ4n) is 18.2. The molecule has 876 valence electrons. The Bertz CT molecular complexity index is 3530. The number of benzene rings is 2. The molecule has 2 aromatic carbocycles. The minimum absolute atomic E-state index is 0.00150. The lowest BCUT2D eigenvalue weighted by atomic mass is 9.42. The Kier molecular flexibility index (Phi) is 73.1. The molecule has 3 aliphatic carbocycles. The Balaban J connectivity index is 0.688. The van der Waals surface area contributed by atoms with Crippen molar-refractivity contribution in [2.75, 3.05) is 342 Å². The number of hydrogen-bond acceptors (Lipinski definition) is 46. The number of aliphatic hydroxyl groups excluding tert-OH is 10. The van der Waals surface area contributed by atoms with E-state index in [9.17, 15) is 61.0 Å². The summed E-state index contributed by atoms with van der Waals surface area (Å²) in [6.07, 6.45) is -18.9. The molecule has 150 heavy (non-hydrogen) atoms. The number of methoxy groups -OCH3 is 1. The van der Waals surface area contributed by atoms with Gasteiger partial charge in [0.2, 0.25) is 6.41 Å². The molecule has 6 rings (SSSR count). The average molecular weight is 2180 g/mol. The Morgan fingerprint density at radius 3 is 1.21 bits per heavy atom. The molecule has 46 heteroatoms. The van der Waals surface area contributed by atoms with Crippen LogP contribution >= 0.6 is 11.8 Å². The maximum absolute atomic E-state index is 14.7. The fourth-order valence-corrected chi connectivity index (χ4v) is 18.9. The van der Waals surface area contributed by atoms with Crippen LogP contribution in [-0.2, 0) is 142 Å². The molecule has 0 spiro atoms. The van der Waals surface area contributed by atoms with E-state index in [4.69, 9.17) is 142 Å². The zero-order chi connectivity index (χ0) is 109. The Morgan fingerprint density at radius 2 is 0.853 bits per heavy atom. The lowest BCUT2D eigenvalue weighted by Gasteiger charge is -2.71. The van der Waals surface area contributed by atoms with Gasteiger partial charge in [-0.15, -0.1) is 0 Å². The molecule has 1 saturated heterocycles. The number of nitrogens with one attached hydrogen (secondary N) is 3. The number of ether oxygens (including phenoxy) is 30. The third-order valence-electron chi connectivity index (χ3n) is 25.9. The first kappa shape index (κ1) is 135. The van der Waals surface area contributed by atoms with Crippen LogP contribution in [0.5, 0.6) is 0 Å². The highest BCUT2D eigenvalue weighted by Crippen LogP contribution is 2.66. The lowest BCUT2D eigenvalue weighted by molar-refractivity contribution is -0.406. The second-order valence-corrected chi connectivity index (χ2v) is 39.7. The highest BCUT2D eigenvalue weighted by atomic mass is 32.2. The number of esters is 1. The lowest BCUT2D eigenvalue weighted by Crippen LogP contribution is -2.83. The number of hydrogen-bond donors (Lipinski definition) is 14. The summed E-state index contributed by atoms with van der Waals surface area (Å²) in [6.45, 7) is 36.6. The van der Waals surface area contributed by atoms with E-state index in [1.807, 2.05) is 0 Å². The summed E-state index contributed by atoms with van der Waals surface area (Å²) in [6, 6.07) is 14.8. The number of thioether (sulfide) groups is 1. The minimum Gasteiger partial charge on any atom is -0.455 e. The van der Waals surface area contributed by atoms with E-state index >= 15 is 0 Å². The maximum atomic E-state index is 14.7. The SMILES string of the molecule is COCCOCCOCCOCCOCCOCCOCCOCCOCCOCCOCCOCCOCCOCCOCCOCCOCCOCCOCCOCCOCCOCCOCCOCC[C@@H](O)NCCCCC(N[C@@H](O)CSC[C@@H](O)O[C@@H]([C@@H](O)O[C@H]1C[C@@]2(O)[C@@H](OC(=O)c3ccccc3)[C@@H]3[C@]4(O[C@@H](C)O)CO[C@@H]4C[C@H](O)[C@@]3(C)[C@H](O)[C@H](O)[C@H](C1C)C2(C)C)[C@@H](N[C@H](O)OC(C)(C)C)c1ccccc1)[C@@H](C)O. The van der Waals surface area contributed by atoms with Gasteiger partial charge in [-0.2, -0.15) is 11.8 Å². The summed E-state index contributed by atoms with van der Waals surface area (Å²) in [5, 5.41) is 141. The summed E-state index contributed by atoms with van der Waals surface area (Å²) in [4.78, 5) is 14.7. The van der Waals surface area contributed by atoms with Gasteiger partial charge in [-0.3, -0.25) is 16.0 Å². The highest BCUT2D eigenvalue weighted by Gasteiger charge is 2.78. The molecule has 1 heterocycles. The number of carbonyl (C=O) groups excluding carboxylic acids is 1. The monoisotopic (exact) mass is 2180 g/mol. The Hall–Kier alpha value is -3.46. The van der Waals surface area contributed by atoms with Gasteiger partial charge in [-0.25, -0.2) is 4.79 Å². The van der Waals surface area contributed by atoms with Crippen molar-refractivity contribution in [2.24, 2.45) is 28.6 Å². The van der Waals surface area contributed by atoms with Gasteiger partial charge in [0.15, 0.2) is 18.9 Å². The number of unbranched alkanes of at least 4 members (excludes halogenated alkanes) is 1. The largest absolute Gasteiger partial charge is 0.455 e. The van der Waals surface area contributed by atoms with E-state index in [-0.39, 0.29) is 30.1 Å². The Morgan fingerprint density at radius 1 is 0.480 bits per heavy atom. The number of fused-ring (bicyclic) bond motifs is 5. The third-order valence-corrected chi connectivity index (χ3v) is 27.0. The molecular weight excluding hydrogens is 2000 g/mol. The van der Waals surface area contributed by atoms with E-state index in [0.29, 0.717) is 348 Å². The van der Waals surface area contributed by atoms with Crippen molar-refractivity contribution in [3.8, 4) is 0 Å². The van der Waals surface area contributed by atoms with Crippen LogP contribution in [0.15, 0.2) is 60.7 Å². The van der Waals surface area contributed by atoms with Crippen LogP contribution in [-0.4, -0.2) is 514 Å². The van der Waals surface area contributed by atoms with E-state index in [2.05, 4.69) is 16.0 Å². The van der Waals surface area contributed by atoms with Crippen LogP contribution in [0.25, 0.3) is 0 Å². The smallest absolute Gasteiger partial charge is 0.338 e. The summed E-state index contributed by atoms with van der Waals surface area (Å²) < 4.78 is 170. The molecule has 45 nitrogen and oxygen atoms in total. The van der Waals surface area contributed by atoms with Crippen molar-refractivity contribution < 1.29 is 203 Å². The zero-order valence-electron chi connectivity index (χ0n) is 90.5. The first-order chi connectivity index (χ1) is 72.5. The minimum atomic E-state index is -2.30. The molecule has 22 atom stereocenters. The van der Waals surface area contributed by atoms with E-state index in [1.54, 1.807) is 111 Å². The molecule has 4 aliphatic rings. The van der Waals surface area contributed by atoms with Crippen molar-refractivity contribution in [3.63, 3.8) is 0 Å². The molecule has 3 saturated carbocycles.